The van der Waals surface area contributed by atoms with Crippen molar-refractivity contribution in [3.8, 4) is 11.5 Å². The van der Waals surface area contributed by atoms with E-state index < -0.39 is 5.69 Å². The molecule has 0 saturated heterocycles. The highest BCUT2D eigenvalue weighted by Gasteiger charge is 2.21. The van der Waals surface area contributed by atoms with Crippen molar-refractivity contribution in [2.45, 2.75) is 33.1 Å². The van der Waals surface area contributed by atoms with Crippen LogP contribution in [-0.4, -0.2) is 35.1 Å². The summed E-state index contributed by atoms with van der Waals surface area (Å²) < 4.78 is 10.8. The number of benzene rings is 1. The van der Waals surface area contributed by atoms with Gasteiger partial charge in [0.1, 0.15) is 5.69 Å². The fourth-order valence-electron chi connectivity index (χ4n) is 2.14. The van der Waals surface area contributed by atoms with Gasteiger partial charge in [0.25, 0.3) is 0 Å². The Morgan fingerprint density at radius 1 is 1.32 bits per heavy atom. The minimum Gasteiger partial charge on any atom is -0.493 e. The van der Waals surface area contributed by atoms with E-state index in [1.54, 1.807) is 13.3 Å². The summed E-state index contributed by atoms with van der Waals surface area (Å²) in [4.78, 5) is 15.3. The lowest BCUT2D eigenvalue weighted by molar-refractivity contribution is 0.311. The molecule has 0 fully saturated rings. The van der Waals surface area contributed by atoms with Crippen LogP contribution in [0.4, 0.5) is 5.82 Å². The van der Waals surface area contributed by atoms with Gasteiger partial charge in [-0.1, -0.05) is 20.8 Å². The number of rotatable bonds is 6. The van der Waals surface area contributed by atoms with Crippen LogP contribution in [0.15, 0.2) is 28.1 Å². The molecule has 2 rings (SSSR count). The van der Waals surface area contributed by atoms with Gasteiger partial charge in [0.2, 0.25) is 0 Å². The number of hydrogen-bond donors (Lipinski definition) is 2. The normalized spacial score (nSPS) is 11.6. The molecule has 0 saturated carbocycles. The molecular weight excluding hydrogens is 322 g/mol. The lowest BCUT2D eigenvalue weighted by atomic mass is 9.92. The van der Waals surface area contributed by atoms with Crippen molar-refractivity contribution >= 4 is 12.0 Å². The number of aromatic amines is 1. The van der Waals surface area contributed by atoms with Crippen molar-refractivity contribution in [1.82, 2.24) is 15.2 Å². The first-order valence-corrected chi connectivity index (χ1v) is 7.92. The van der Waals surface area contributed by atoms with Crippen LogP contribution in [0.3, 0.4) is 0 Å². The Labute approximate surface area is 146 Å². The first kappa shape index (κ1) is 18.4. The third-order valence-electron chi connectivity index (χ3n) is 3.28. The lowest BCUT2D eigenvalue weighted by Gasteiger charge is -2.18. The number of hydrogen-bond acceptors (Lipinski definition) is 7. The smallest absolute Gasteiger partial charge is 0.363 e. The van der Waals surface area contributed by atoms with Crippen LogP contribution in [0.25, 0.3) is 0 Å². The molecule has 1 heterocycles. The van der Waals surface area contributed by atoms with Crippen molar-refractivity contribution in [1.29, 1.82) is 0 Å². The molecule has 0 aliphatic rings. The molecule has 0 atom stereocenters. The number of anilines is 1. The van der Waals surface area contributed by atoms with Crippen molar-refractivity contribution in [3.63, 3.8) is 0 Å². The van der Waals surface area contributed by atoms with E-state index in [4.69, 9.17) is 9.47 Å². The zero-order valence-corrected chi connectivity index (χ0v) is 15.1. The molecule has 0 radical (unpaired) electrons. The van der Waals surface area contributed by atoms with E-state index >= 15 is 0 Å². The average molecular weight is 345 g/mol. The van der Waals surface area contributed by atoms with Gasteiger partial charge in [-0.25, -0.2) is 9.89 Å². The summed E-state index contributed by atoms with van der Waals surface area (Å²) in [6, 6.07) is 5.48. The van der Waals surface area contributed by atoms with Gasteiger partial charge in [0.15, 0.2) is 17.3 Å². The number of methoxy groups -OCH3 is 1. The summed E-state index contributed by atoms with van der Waals surface area (Å²) in [6.07, 6.45) is 1.60. The highest BCUT2D eigenvalue weighted by Crippen LogP contribution is 2.27. The van der Waals surface area contributed by atoms with E-state index in [2.05, 4.69) is 25.7 Å². The maximum Gasteiger partial charge on any atom is 0.363 e. The Morgan fingerprint density at radius 2 is 2.08 bits per heavy atom. The molecule has 8 heteroatoms. The monoisotopic (exact) mass is 345 g/mol. The van der Waals surface area contributed by atoms with E-state index in [1.165, 1.54) is 0 Å². The van der Waals surface area contributed by atoms with Gasteiger partial charge in [-0.15, -0.1) is 0 Å². The van der Waals surface area contributed by atoms with Crippen LogP contribution < -0.4 is 20.6 Å². The summed E-state index contributed by atoms with van der Waals surface area (Å²) >= 11 is 0. The first-order valence-electron chi connectivity index (χ1n) is 7.92. The molecule has 0 aliphatic carbocycles. The topological polar surface area (TPSA) is 101 Å². The number of nitrogens with zero attached hydrogens (tertiary/aromatic N) is 3. The van der Waals surface area contributed by atoms with Gasteiger partial charge < -0.3 is 9.47 Å². The fraction of sp³-hybridized carbons (Fsp3) is 0.412. The number of ether oxygens (including phenoxy) is 2. The maximum atomic E-state index is 11.4. The van der Waals surface area contributed by atoms with Crippen molar-refractivity contribution in [2.75, 3.05) is 19.1 Å². The molecule has 0 aliphatic heterocycles. The molecular formula is C17H23N5O3. The minimum atomic E-state index is -0.534. The van der Waals surface area contributed by atoms with E-state index in [9.17, 15) is 4.79 Å². The quantitative estimate of drug-likeness (QED) is 0.615. The van der Waals surface area contributed by atoms with Gasteiger partial charge in [0, 0.05) is 5.41 Å². The van der Waals surface area contributed by atoms with Crippen LogP contribution in [0.2, 0.25) is 0 Å². The highest BCUT2D eigenvalue weighted by atomic mass is 16.5. The second kappa shape index (κ2) is 7.78. The summed E-state index contributed by atoms with van der Waals surface area (Å²) in [6.45, 7) is 8.39. The summed E-state index contributed by atoms with van der Waals surface area (Å²) in [5, 5.41) is 10.6. The molecule has 134 valence electrons. The Balaban J connectivity index is 2.22. The van der Waals surface area contributed by atoms with Crippen LogP contribution >= 0.6 is 0 Å². The minimum absolute atomic E-state index is 0.294. The van der Waals surface area contributed by atoms with E-state index in [1.807, 2.05) is 45.9 Å². The van der Waals surface area contributed by atoms with E-state index in [0.717, 1.165) is 5.56 Å². The molecule has 0 bridgehead atoms. The lowest BCUT2D eigenvalue weighted by Crippen LogP contribution is -2.24. The zero-order valence-electron chi connectivity index (χ0n) is 15.1. The Hall–Kier alpha value is -2.90. The predicted octanol–water partition coefficient (Wildman–Crippen LogP) is 2.32. The van der Waals surface area contributed by atoms with Gasteiger partial charge in [-0.2, -0.15) is 15.2 Å². The third kappa shape index (κ3) is 4.79. The van der Waals surface area contributed by atoms with Crippen LogP contribution in [0.1, 0.15) is 39.0 Å². The molecule has 0 amide bonds. The second-order valence-electron chi connectivity index (χ2n) is 6.30. The summed E-state index contributed by atoms with van der Waals surface area (Å²) in [5.74, 6) is 1.62. The SMILES string of the molecule is CCOc1ccc(/C=N/Nc2nc(=O)[nH]nc2C(C)(C)C)cc1OC. The molecule has 2 aromatic rings. The first-order chi connectivity index (χ1) is 11.8. The number of H-pyrrole nitrogens is 1. The molecule has 0 spiro atoms. The third-order valence-corrected chi connectivity index (χ3v) is 3.28. The zero-order chi connectivity index (χ0) is 18.4. The van der Waals surface area contributed by atoms with Crippen LogP contribution in [-0.2, 0) is 5.41 Å². The van der Waals surface area contributed by atoms with Gasteiger partial charge in [0.05, 0.1) is 19.9 Å². The maximum absolute atomic E-state index is 11.4. The molecule has 2 N–H and O–H groups in total. The van der Waals surface area contributed by atoms with Gasteiger partial charge >= 0.3 is 5.69 Å². The number of nitrogens with one attached hydrogen (secondary N) is 2. The number of hydrazone groups is 1. The average Bonchev–Trinajstić information content (AvgIpc) is 2.55. The predicted molar refractivity (Wildman–Crippen MR) is 96.7 cm³/mol. The van der Waals surface area contributed by atoms with E-state index in [0.29, 0.717) is 29.6 Å². The molecule has 0 unspecified atom stereocenters. The Bertz CT molecular complexity index is 809. The number of aromatic nitrogens is 3. The summed E-state index contributed by atoms with van der Waals surface area (Å²) in [5.41, 5.74) is 3.39. The largest absolute Gasteiger partial charge is 0.493 e. The standard InChI is InChI=1S/C17H23N5O3/c1-6-25-12-8-7-11(9-13(12)24-5)10-18-21-15-14(17(2,3)4)20-22-16(23)19-15/h7-10H,6H2,1-5H3,(H2,19,21,22,23)/b18-10+. The molecule has 25 heavy (non-hydrogen) atoms. The highest BCUT2D eigenvalue weighted by molar-refractivity contribution is 5.81. The van der Waals surface area contributed by atoms with Gasteiger partial charge in [-0.05, 0) is 30.7 Å². The van der Waals surface area contributed by atoms with E-state index in [-0.39, 0.29) is 5.41 Å². The molecule has 1 aromatic carbocycles. The summed E-state index contributed by atoms with van der Waals surface area (Å²) in [7, 11) is 1.58. The van der Waals surface area contributed by atoms with Crippen molar-refractivity contribution in [3.05, 3.63) is 39.9 Å². The Morgan fingerprint density at radius 3 is 2.72 bits per heavy atom. The van der Waals surface area contributed by atoms with Crippen molar-refractivity contribution < 1.29 is 9.47 Å². The fourth-order valence-corrected chi connectivity index (χ4v) is 2.14. The van der Waals surface area contributed by atoms with Crippen LogP contribution in [0, 0.1) is 0 Å². The van der Waals surface area contributed by atoms with Crippen LogP contribution in [0.5, 0.6) is 11.5 Å². The second-order valence-corrected chi connectivity index (χ2v) is 6.30. The molecule has 8 nitrogen and oxygen atoms in total. The van der Waals surface area contributed by atoms with Crippen molar-refractivity contribution in [2.24, 2.45) is 5.10 Å². The van der Waals surface area contributed by atoms with Gasteiger partial charge in [-0.3, -0.25) is 5.43 Å². The molecule has 1 aromatic heterocycles. The Kier molecular flexibility index (Phi) is 5.74.